The second-order valence-corrected chi connectivity index (χ2v) is 6.13. The summed E-state index contributed by atoms with van der Waals surface area (Å²) in [5, 5.41) is 6.09. The number of aromatic nitrogens is 2. The number of amides is 2. The van der Waals surface area contributed by atoms with E-state index in [0.29, 0.717) is 4.68 Å². The van der Waals surface area contributed by atoms with E-state index in [0.717, 1.165) is 23.5 Å². The van der Waals surface area contributed by atoms with Gasteiger partial charge in [-0.2, -0.15) is 18.3 Å². The molecule has 10 heteroatoms. The Bertz CT molecular complexity index is 850. The molecule has 0 aliphatic carbocycles. The lowest BCUT2D eigenvalue weighted by atomic mass is 9.90. The number of fused-ring (bicyclic) bond motifs is 1. The molecule has 0 fully saturated rings. The topological polar surface area (TPSA) is 76.5 Å². The zero-order valence-corrected chi connectivity index (χ0v) is 14.4. The number of carbonyl (C=O) groups is 2. The van der Waals surface area contributed by atoms with E-state index >= 15 is 0 Å². The van der Waals surface area contributed by atoms with Crippen molar-refractivity contribution in [1.29, 1.82) is 0 Å². The molecule has 1 unspecified atom stereocenters. The summed E-state index contributed by atoms with van der Waals surface area (Å²) in [5.74, 6) is -1.09. The Morgan fingerprint density at radius 2 is 2.07 bits per heavy atom. The number of nitrogens with zero attached hydrogens (tertiary/aromatic N) is 3. The first kappa shape index (κ1) is 18.7. The Labute approximate surface area is 152 Å². The van der Waals surface area contributed by atoms with Gasteiger partial charge < -0.3 is 15.0 Å². The predicted molar refractivity (Wildman–Crippen MR) is 88.9 cm³/mol. The van der Waals surface area contributed by atoms with Crippen molar-refractivity contribution in [2.75, 3.05) is 19.0 Å². The van der Waals surface area contributed by atoms with Gasteiger partial charge in [-0.15, -0.1) is 0 Å². The van der Waals surface area contributed by atoms with E-state index in [1.807, 2.05) is 12.1 Å². The molecule has 144 valence electrons. The van der Waals surface area contributed by atoms with Crippen LogP contribution in [0.1, 0.15) is 17.0 Å². The summed E-state index contributed by atoms with van der Waals surface area (Å²) < 4.78 is 42.7. The highest BCUT2D eigenvalue weighted by atomic mass is 19.4. The molecule has 1 aliphatic rings. The monoisotopic (exact) mass is 382 g/mol. The molecule has 0 spiro atoms. The molecule has 7 nitrogen and oxygen atoms in total. The second-order valence-electron chi connectivity index (χ2n) is 6.13. The number of alkyl halides is 3. The predicted octanol–water partition coefficient (Wildman–Crippen LogP) is 2.75. The van der Waals surface area contributed by atoms with Crippen LogP contribution in [0, 0.1) is 0 Å². The fourth-order valence-electron chi connectivity index (χ4n) is 3.01. The molecule has 1 aromatic carbocycles. The molecule has 2 heterocycles. The van der Waals surface area contributed by atoms with Crippen LogP contribution in [-0.2, 0) is 22.6 Å². The van der Waals surface area contributed by atoms with Crippen molar-refractivity contribution in [3.63, 3.8) is 0 Å². The number of carbonyl (C=O) groups excluding carboxylic acids is 2. The fraction of sp³-hybridized carbons (Fsp3) is 0.353. The number of nitrogens with one attached hydrogen (secondary N) is 1. The summed E-state index contributed by atoms with van der Waals surface area (Å²) in [6, 6.07) is 6.69. The van der Waals surface area contributed by atoms with Crippen LogP contribution < -0.4 is 5.32 Å². The average molecular weight is 382 g/mol. The number of halogens is 3. The van der Waals surface area contributed by atoms with E-state index in [4.69, 9.17) is 4.74 Å². The molecular formula is C17H17F3N4O3. The molecule has 0 bridgehead atoms. The number of hydrogen-bond donors (Lipinski definition) is 1. The first-order valence-electron chi connectivity index (χ1n) is 8.07. The minimum Gasteiger partial charge on any atom is -0.468 e. The minimum absolute atomic E-state index is 0.103. The molecule has 2 amide bonds. The average Bonchev–Trinajstić information content (AvgIpc) is 3.04. The zero-order chi connectivity index (χ0) is 19.6. The Morgan fingerprint density at radius 3 is 2.78 bits per heavy atom. The molecule has 1 aromatic heterocycles. The van der Waals surface area contributed by atoms with Gasteiger partial charge >= 0.3 is 18.2 Å². The third-order valence-corrected chi connectivity index (χ3v) is 4.19. The van der Waals surface area contributed by atoms with Crippen molar-refractivity contribution < 1.29 is 27.5 Å². The van der Waals surface area contributed by atoms with E-state index in [2.05, 4.69) is 10.4 Å². The normalized spacial score (nSPS) is 16.6. The number of rotatable bonds is 3. The van der Waals surface area contributed by atoms with E-state index in [-0.39, 0.29) is 18.8 Å². The van der Waals surface area contributed by atoms with Crippen LogP contribution >= 0.6 is 0 Å². The highest BCUT2D eigenvalue weighted by Gasteiger charge is 2.33. The van der Waals surface area contributed by atoms with Gasteiger partial charge in [-0.3, -0.25) is 9.48 Å². The van der Waals surface area contributed by atoms with Gasteiger partial charge in [-0.25, -0.2) is 4.79 Å². The SMILES string of the molecule is COC(=O)C1CN(C(=O)Nc2cnn(CC(F)(F)F)c2)Cc2ccccc21. The van der Waals surface area contributed by atoms with Crippen molar-refractivity contribution in [3.8, 4) is 0 Å². The number of methoxy groups -OCH3 is 1. The van der Waals surface area contributed by atoms with Crippen LogP contribution in [0.15, 0.2) is 36.7 Å². The van der Waals surface area contributed by atoms with Gasteiger partial charge in [0, 0.05) is 19.3 Å². The highest BCUT2D eigenvalue weighted by molar-refractivity contribution is 5.90. The van der Waals surface area contributed by atoms with Gasteiger partial charge in [-0.1, -0.05) is 24.3 Å². The maximum absolute atomic E-state index is 12.5. The lowest BCUT2D eigenvalue weighted by molar-refractivity contribution is -0.143. The summed E-state index contributed by atoms with van der Waals surface area (Å²) in [4.78, 5) is 26.0. The van der Waals surface area contributed by atoms with Crippen LogP contribution in [0.4, 0.5) is 23.7 Å². The molecular weight excluding hydrogens is 365 g/mol. The summed E-state index contributed by atoms with van der Waals surface area (Å²) in [7, 11) is 1.28. The second kappa shape index (κ2) is 7.29. The molecule has 0 radical (unpaired) electrons. The van der Waals surface area contributed by atoms with E-state index < -0.39 is 30.6 Å². The van der Waals surface area contributed by atoms with Gasteiger partial charge in [0.05, 0.1) is 24.9 Å². The van der Waals surface area contributed by atoms with Crippen LogP contribution in [0.3, 0.4) is 0 Å². The van der Waals surface area contributed by atoms with E-state index in [9.17, 15) is 22.8 Å². The zero-order valence-electron chi connectivity index (χ0n) is 14.4. The number of esters is 1. The largest absolute Gasteiger partial charge is 0.468 e. The molecule has 0 saturated heterocycles. The summed E-state index contributed by atoms with van der Waals surface area (Å²) >= 11 is 0. The van der Waals surface area contributed by atoms with Crippen LogP contribution in [-0.4, -0.2) is 46.5 Å². The highest BCUT2D eigenvalue weighted by Crippen LogP contribution is 2.29. The maximum atomic E-state index is 12.5. The van der Waals surface area contributed by atoms with Gasteiger partial charge in [0.1, 0.15) is 6.54 Å². The minimum atomic E-state index is -4.41. The van der Waals surface area contributed by atoms with Crippen molar-refractivity contribution in [1.82, 2.24) is 14.7 Å². The number of anilines is 1. The number of urea groups is 1. The fourth-order valence-corrected chi connectivity index (χ4v) is 3.01. The molecule has 27 heavy (non-hydrogen) atoms. The smallest absolute Gasteiger partial charge is 0.408 e. The van der Waals surface area contributed by atoms with Crippen molar-refractivity contribution in [3.05, 3.63) is 47.8 Å². The van der Waals surface area contributed by atoms with Gasteiger partial charge in [-0.05, 0) is 11.1 Å². The quantitative estimate of drug-likeness (QED) is 0.829. The van der Waals surface area contributed by atoms with Crippen LogP contribution in [0.2, 0.25) is 0 Å². The molecule has 2 aromatic rings. The third kappa shape index (κ3) is 4.39. The summed E-state index contributed by atoms with van der Waals surface area (Å²) in [6.07, 6.45) is -2.17. The van der Waals surface area contributed by atoms with E-state index in [1.54, 1.807) is 12.1 Å². The first-order chi connectivity index (χ1) is 12.8. The third-order valence-electron chi connectivity index (χ3n) is 4.19. The molecule has 3 rings (SSSR count). The molecule has 1 aliphatic heterocycles. The lowest BCUT2D eigenvalue weighted by Gasteiger charge is -2.33. The Morgan fingerprint density at radius 1 is 1.33 bits per heavy atom. The molecule has 1 N–H and O–H groups in total. The number of benzene rings is 1. The van der Waals surface area contributed by atoms with E-state index in [1.165, 1.54) is 12.0 Å². The Kier molecular flexibility index (Phi) is 5.06. The number of hydrogen-bond acceptors (Lipinski definition) is 4. The van der Waals surface area contributed by atoms with Crippen LogP contribution in [0.5, 0.6) is 0 Å². The lowest BCUT2D eigenvalue weighted by Crippen LogP contribution is -2.42. The Balaban J connectivity index is 1.73. The van der Waals surface area contributed by atoms with Crippen LogP contribution in [0.25, 0.3) is 0 Å². The maximum Gasteiger partial charge on any atom is 0.408 e. The Hall–Kier alpha value is -3.04. The van der Waals surface area contributed by atoms with Crippen molar-refractivity contribution in [2.24, 2.45) is 0 Å². The van der Waals surface area contributed by atoms with Gasteiger partial charge in [0.15, 0.2) is 0 Å². The van der Waals surface area contributed by atoms with Crippen molar-refractivity contribution >= 4 is 17.7 Å². The first-order valence-corrected chi connectivity index (χ1v) is 8.07. The van der Waals surface area contributed by atoms with Gasteiger partial charge in [0.2, 0.25) is 0 Å². The molecule has 0 saturated carbocycles. The summed E-state index contributed by atoms with van der Waals surface area (Å²) in [5.41, 5.74) is 1.74. The van der Waals surface area contributed by atoms with Crippen molar-refractivity contribution in [2.45, 2.75) is 25.2 Å². The summed E-state index contributed by atoms with van der Waals surface area (Å²) in [6.45, 7) is -0.872. The van der Waals surface area contributed by atoms with Gasteiger partial charge in [0.25, 0.3) is 0 Å². The number of ether oxygens (including phenoxy) is 1. The standard InChI is InChI=1S/C17H17F3N4O3/c1-27-15(25)14-9-23(7-11-4-2-3-5-13(11)14)16(26)22-12-6-21-24(8-12)10-17(18,19)20/h2-6,8,14H,7,9-10H2,1H3,(H,22,26). The molecule has 1 atom stereocenters.